The topological polar surface area (TPSA) is 76.4 Å². The van der Waals surface area contributed by atoms with Crippen LogP contribution in [0.1, 0.15) is 12.0 Å². The third kappa shape index (κ3) is 2.43. The summed E-state index contributed by atoms with van der Waals surface area (Å²) in [5, 5.41) is 21.0. The van der Waals surface area contributed by atoms with Gasteiger partial charge in [0.1, 0.15) is 5.69 Å². The number of hydrogen-bond donors (Lipinski definition) is 1. The summed E-state index contributed by atoms with van der Waals surface area (Å²) in [5.74, 6) is 0.265. The zero-order valence-corrected chi connectivity index (χ0v) is 12.2. The third-order valence-electron chi connectivity index (χ3n) is 3.33. The van der Waals surface area contributed by atoms with Crippen LogP contribution in [0.15, 0.2) is 34.2 Å². The number of rotatable bonds is 5. The van der Waals surface area contributed by atoms with Crippen molar-refractivity contribution in [1.29, 1.82) is 0 Å². The van der Waals surface area contributed by atoms with Gasteiger partial charge in [-0.15, -0.1) is 10.2 Å². The van der Waals surface area contributed by atoms with Gasteiger partial charge in [-0.1, -0.05) is 22.8 Å². The van der Waals surface area contributed by atoms with Gasteiger partial charge in [-0.2, -0.15) is 0 Å². The summed E-state index contributed by atoms with van der Waals surface area (Å²) < 4.78 is 19.7. The molecule has 22 heavy (non-hydrogen) atoms. The molecule has 0 saturated carbocycles. The van der Waals surface area contributed by atoms with Crippen molar-refractivity contribution in [2.75, 3.05) is 6.67 Å². The lowest BCUT2D eigenvalue weighted by molar-refractivity contribution is 0.322. The van der Waals surface area contributed by atoms with E-state index < -0.39 is 6.67 Å². The monoisotopic (exact) mass is 322 g/mol. The highest BCUT2D eigenvalue weighted by molar-refractivity contribution is 6.31. The van der Waals surface area contributed by atoms with Gasteiger partial charge in [0.25, 0.3) is 5.89 Å². The molecule has 0 aliphatic carbocycles. The highest BCUT2D eigenvalue weighted by Gasteiger charge is 2.21. The van der Waals surface area contributed by atoms with Crippen LogP contribution in [0.2, 0.25) is 5.02 Å². The first-order chi connectivity index (χ1) is 10.8. The van der Waals surface area contributed by atoms with Crippen molar-refractivity contribution >= 4 is 28.7 Å². The van der Waals surface area contributed by atoms with Crippen molar-refractivity contribution in [3.63, 3.8) is 0 Å². The van der Waals surface area contributed by atoms with Gasteiger partial charge >= 0.3 is 0 Å². The van der Waals surface area contributed by atoms with E-state index in [9.17, 15) is 4.39 Å². The summed E-state index contributed by atoms with van der Waals surface area (Å²) >= 11 is 6.07. The summed E-state index contributed by atoms with van der Waals surface area (Å²) in [6.45, 7) is -0.0444. The Balaban J connectivity index is 2.34. The number of oxime groups is 1. The minimum atomic E-state index is -0.451. The molecule has 3 rings (SSSR count). The Morgan fingerprint density at radius 3 is 3.00 bits per heavy atom. The van der Waals surface area contributed by atoms with E-state index in [0.717, 1.165) is 10.9 Å². The Bertz CT molecular complexity index is 814. The number of fused-ring (bicyclic) bond motifs is 1. The summed E-state index contributed by atoms with van der Waals surface area (Å²) in [7, 11) is 0. The van der Waals surface area contributed by atoms with Gasteiger partial charge in [-0.3, -0.25) is 4.39 Å². The molecule has 0 aliphatic rings. The maximum Gasteiger partial charge on any atom is 0.264 e. The average Bonchev–Trinajstić information content (AvgIpc) is 3.12. The van der Waals surface area contributed by atoms with Crippen LogP contribution in [0.4, 0.5) is 4.39 Å². The van der Waals surface area contributed by atoms with E-state index in [1.807, 2.05) is 4.57 Å². The standard InChI is InChI=1S/C14H12ClFN4O2/c15-9-2-3-10-11(7-18-21)13(14-19-17-8-22-14)20(5-1-4-16)12(10)6-9/h2-3,6-8,21H,1,4-5H2/b18-7+. The predicted molar refractivity (Wildman–Crippen MR) is 80.2 cm³/mol. The van der Waals surface area contributed by atoms with Gasteiger partial charge in [0.2, 0.25) is 6.39 Å². The van der Waals surface area contributed by atoms with E-state index in [1.165, 1.54) is 12.6 Å². The van der Waals surface area contributed by atoms with E-state index >= 15 is 0 Å². The fourth-order valence-corrected chi connectivity index (χ4v) is 2.66. The zero-order valence-electron chi connectivity index (χ0n) is 11.4. The molecule has 0 saturated heterocycles. The van der Waals surface area contributed by atoms with Crippen LogP contribution >= 0.6 is 11.6 Å². The van der Waals surface area contributed by atoms with Gasteiger partial charge in [0.15, 0.2) is 0 Å². The number of aromatic nitrogens is 3. The van der Waals surface area contributed by atoms with Gasteiger partial charge in [-0.05, 0) is 18.6 Å². The first kappa shape index (κ1) is 14.5. The lowest BCUT2D eigenvalue weighted by Crippen LogP contribution is -2.02. The summed E-state index contributed by atoms with van der Waals surface area (Å²) in [5.41, 5.74) is 1.96. The summed E-state index contributed by atoms with van der Waals surface area (Å²) in [6.07, 6.45) is 2.83. The molecule has 0 atom stereocenters. The highest BCUT2D eigenvalue weighted by Crippen LogP contribution is 2.33. The Labute approximate surface area is 129 Å². The molecule has 114 valence electrons. The second-order valence-corrected chi connectivity index (χ2v) is 5.04. The molecular formula is C14H12ClFN4O2. The molecule has 2 aromatic heterocycles. The fourth-order valence-electron chi connectivity index (χ4n) is 2.49. The molecule has 0 amide bonds. The second-order valence-electron chi connectivity index (χ2n) is 4.61. The molecule has 1 aromatic carbocycles. The van der Waals surface area contributed by atoms with Crippen molar-refractivity contribution in [3.05, 3.63) is 35.2 Å². The molecule has 0 aliphatic heterocycles. The van der Waals surface area contributed by atoms with Crippen molar-refractivity contribution < 1.29 is 14.0 Å². The number of benzene rings is 1. The van der Waals surface area contributed by atoms with Crippen LogP contribution < -0.4 is 0 Å². The van der Waals surface area contributed by atoms with E-state index in [4.69, 9.17) is 21.2 Å². The average molecular weight is 323 g/mol. The zero-order chi connectivity index (χ0) is 15.5. The number of aryl methyl sites for hydroxylation is 1. The largest absolute Gasteiger partial charge is 0.422 e. The predicted octanol–water partition coefficient (Wildman–Crippen LogP) is 3.51. The molecule has 0 unspecified atom stereocenters. The number of halogens is 2. The molecule has 0 bridgehead atoms. The highest BCUT2D eigenvalue weighted by atomic mass is 35.5. The second kappa shape index (κ2) is 6.15. The van der Waals surface area contributed by atoms with Gasteiger partial charge in [0.05, 0.1) is 18.4 Å². The minimum absolute atomic E-state index is 0.265. The van der Waals surface area contributed by atoms with E-state index in [2.05, 4.69) is 15.4 Å². The maximum atomic E-state index is 12.6. The minimum Gasteiger partial charge on any atom is -0.422 e. The molecule has 3 aromatic rings. The molecule has 0 fully saturated rings. The number of hydrogen-bond acceptors (Lipinski definition) is 5. The molecule has 2 heterocycles. The Morgan fingerprint density at radius 1 is 1.45 bits per heavy atom. The Kier molecular flexibility index (Phi) is 4.06. The molecule has 6 nitrogen and oxygen atoms in total. The first-order valence-electron chi connectivity index (χ1n) is 6.58. The smallest absolute Gasteiger partial charge is 0.264 e. The van der Waals surface area contributed by atoms with E-state index in [-0.39, 0.29) is 5.89 Å². The molecule has 0 radical (unpaired) electrons. The van der Waals surface area contributed by atoms with Gasteiger partial charge < -0.3 is 14.2 Å². The summed E-state index contributed by atoms with van der Waals surface area (Å²) in [6, 6.07) is 5.31. The Morgan fingerprint density at radius 2 is 2.32 bits per heavy atom. The van der Waals surface area contributed by atoms with Crippen molar-refractivity contribution in [2.45, 2.75) is 13.0 Å². The molecule has 0 spiro atoms. The summed E-state index contributed by atoms with van der Waals surface area (Å²) in [4.78, 5) is 0. The van der Waals surface area contributed by atoms with Crippen molar-refractivity contribution in [2.24, 2.45) is 5.16 Å². The van der Waals surface area contributed by atoms with Gasteiger partial charge in [-0.25, -0.2) is 0 Å². The Hall–Kier alpha value is -2.41. The lowest BCUT2D eigenvalue weighted by Gasteiger charge is -2.07. The quantitative estimate of drug-likeness (QED) is 0.443. The first-order valence-corrected chi connectivity index (χ1v) is 6.95. The number of alkyl halides is 1. The van der Waals surface area contributed by atoms with E-state index in [0.29, 0.717) is 29.2 Å². The SMILES string of the molecule is O/N=C/c1c(-c2nnco2)n(CCCF)c2cc(Cl)ccc12. The van der Waals surface area contributed by atoms with Crippen LogP contribution in [-0.4, -0.2) is 32.9 Å². The van der Waals surface area contributed by atoms with Crippen LogP contribution in [0.3, 0.4) is 0 Å². The molecule has 1 N–H and O–H groups in total. The normalized spacial score (nSPS) is 11.7. The maximum absolute atomic E-state index is 12.6. The van der Waals surface area contributed by atoms with Gasteiger partial charge in [0, 0.05) is 22.5 Å². The fraction of sp³-hybridized carbons (Fsp3) is 0.214. The lowest BCUT2D eigenvalue weighted by atomic mass is 10.1. The van der Waals surface area contributed by atoms with Crippen LogP contribution in [0.25, 0.3) is 22.5 Å². The molecule has 8 heteroatoms. The van der Waals surface area contributed by atoms with Crippen LogP contribution in [0.5, 0.6) is 0 Å². The third-order valence-corrected chi connectivity index (χ3v) is 3.57. The van der Waals surface area contributed by atoms with E-state index in [1.54, 1.807) is 18.2 Å². The van der Waals surface area contributed by atoms with Crippen LogP contribution in [-0.2, 0) is 6.54 Å². The van der Waals surface area contributed by atoms with Crippen molar-refractivity contribution in [1.82, 2.24) is 14.8 Å². The number of nitrogens with zero attached hydrogens (tertiary/aromatic N) is 4. The van der Waals surface area contributed by atoms with Crippen molar-refractivity contribution in [3.8, 4) is 11.6 Å². The van der Waals surface area contributed by atoms with Crippen LogP contribution in [0, 0.1) is 0 Å². The molecular weight excluding hydrogens is 311 g/mol.